The van der Waals surface area contributed by atoms with Gasteiger partial charge in [-0.15, -0.1) is 0 Å². The summed E-state index contributed by atoms with van der Waals surface area (Å²) in [6, 6.07) is 0. The van der Waals surface area contributed by atoms with E-state index in [2.05, 4.69) is 47.7 Å². The van der Waals surface area contributed by atoms with Crippen LogP contribution in [0.4, 0.5) is 5.82 Å². The predicted molar refractivity (Wildman–Crippen MR) is 54.5 cm³/mol. The number of nitrogen functional groups attached to an aromatic ring is 1. The Labute approximate surface area is 87.1 Å². The maximum absolute atomic E-state index is 5.61. The number of H-pyrrole nitrogens is 1. The zero-order valence-electron chi connectivity index (χ0n) is 6.40. The van der Waals surface area contributed by atoms with Gasteiger partial charge in [-0.25, -0.2) is 15.0 Å². The number of hydrogen-bond donors (Lipinski definition) is 2. The Bertz CT molecular complexity index is 411. The summed E-state index contributed by atoms with van der Waals surface area (Å²) in [4.78, 5) is 12.0. The standard InChI is InChI=1S/C6H5IN6/c7-3-1-9-5(12-4(3)8)6-10-2-11-13-6/h1-2H,(H2,8,9,12)(H,10,11,13). The van der Waals surface area contributed by atoms with Gasteiger partial charge in [0.25, 0.3) is 0 Å². The molecule has 2 aromatic heterocycles. The molecule has 0 saturated carbocycles. The Morgan fingerprint density at radius 1 is 1.38 bits per heavy atom. The molecule has 0 bridgehead atoms. The van der Waals surface area contributed by atoms with Gasteiger partial charge in [0.05, 0.1) is 3.57 Å². The summed E-state index contributed by atoms with van der Waals surface area (Å²) in [5, 5.41) is 6.35. The minimum atomic E-state index is 0.446. The zero-order valence-corrected chi connectivity index (χ0v) is 8.56. The Balaban J connectivity index is 2.49. The molecule has 6 nitrogen and oxygen atoms in total. The molecule has 3 N–H and O–H groups in total. The van der Waals surface area contributed by atoms with Crippen LogP contribution in [0.1, 0.15) is 0 Å². The lowest BCUT2D eigenvalue weighted by atomic mass is 10.5. The van der Waals surface area contributed by atoms with E-state index in [9.17, 15) is 0 Å². The molecule has 13 heavy (non-hydrogen) atoms. The van der Waals surface area contributed by atoms with Crippen molar-refractivity contribution < 1.29 is 0 Å². The van der Waals surface area contributed by atoms with Crippen LogP contribution in [0.15, 0.2) is 12.5 Å². The van der Waals surface area contributed by atoms with Gasteiger partial charge in [-0.3, -0.25) is 5.10 Å². The third-order valence-corrected chi connectivity index (χ3v) is 2.23. The average molecular weight is 288 g/mol. The van der Waals surface area contributed by atoms with E-state index in [1.54, 1.807) is 6.20 Å². The summed E-state index contributed by atoms with van der Waals surface area (Å²) in [6.45, 7) is 0. The molecular weight excluding hydrogens is 283 g/mol. The van der Waals surface area contributed by atoms with Gasteiger partial charge in [0, 0.05) is 6.20 Å². The monoisotopic (exact) mass is 288 g/mol. The number of nitrogens with two attached hydrogens (primary N) is 1. The van der Waals surface area contributed by atoms with E-state index in [0.717, 1.165) is 3.57 Å². The minimum Gasteiger partial charge on any atom is -0.383 e. The smallest absolute Gasteiger partial charge is 0.199 e. The molecule has 0 saturated heterocycles. The van der Waals surface area contributed by atoms with Gasteiger partial charge in [-0.1, -0.05) is 0 Å². The van der Waals surface area contributed by atoms with E-state index in [1.165, 1.54) is 6.33 Å². The van der Waals surface area contributed by atoms with Crippen LogP contribution >= 0.6 is 22.6 Å². The van der Waals surface area contributed by atoms with Crippen molar-refractivity contribution in [2.24, 2.45) is 0 Å². The van der Waals surface area contributed by atoms with Crippen molar-refractivity contribution in [3.8, 4) is 11.6 Å². The van der Waals surface area contributed by atoms with Crippen molar-refractivity contribution in [2.45, 2.75) is 0 Å². The van der Waals surface area contributed by atoms with E-state index in [1.807, 2.05) is 0 Å². The number of halogens is 1. The first-order valence-electron chi connectivity index (χ1n) is 3.41. The highest BCUT2D eigenvalue weighted by atomic mass is 127. The predicted octanol–water partition coefficient (Wildman–Crippen LogP) is 0.448. The molecule has 0 fully saturated rings. The fraction of sp³-hybridized carbons (Fsp3) is 0. The van der Waals surface area contributed by atoms with Gasteiger partial charge in [0.15, 0.2) is 11.6 Å². The first-order valence-corrected chi connectivity index (χ1v) is 4.49. The Hall–Kier alpha value is -1.25. The molecule has 2 heterocycles. The molecule has 2 rings (SSSR count). The second-order valence-electron chi connectivity index (χ2n) is 2.26. The lowest BCUT2D eigenvalue weighted by Crippen LogP contribution is -1.99. The zero-order chi connectivity index (χ0) is 9.26. The highest BCUT2D eigenvalue weighted by molar-refractivity contribution is 14.1. The second kappa shape index (κ2) is 3.24. The van der Waals surface area contributed by atoms with Crippen molar-refractivity contribution in [2.75, 3.05) is 5.73 Å². The molecule has 0 unspecified atom stereocenters. The summed E-state index contributed by atoms with van der Waals surface area (Å²) in [5.41, 5.74) is 5.61. The molecule has 0 aromatic carbocycles. The van der Waals surface area contributed by atoms with E-state index >= 15 is 0 Å². The number of nitrogens with zero attached hydrogens (tertiary/aromatic N) is 4. The topological polar surface area (TPSA) is 93.4 Å². The second-order valence-corrected chi connectivity index (χ2v) is 3.42. The van der Waals surface area contributed by atoms with Gasteiger partial charge in [0.1, 0.15) is 12.1 Å². The Morgan fingerprint density at radius 3 is 2.85 bits per heavy atom. The van der Waals surface area contributed by atoms with Gasteiger partial charge < -0.3 is 5.73 Å². The SMILES string of the molecule is Nc1nc(-c2ncn[nH]2)ncc1I. The first-order chi connectivity index (χ1) is 6.27. The molecule has 66 valence electrons. The molecule has 0 radical (unpaired) electrons. The van der Waals surface area contributed by atoms with Crippen LogP contribution in [-0.2, 0) is 0 Å². The third kappa shape index (κ3) is 1.59. The molecule has 0 atom stereocenters. The van der Waals surface area contributed by atoms with E-state index in [-0.39, 0.29) is 0 Å². The van der Waals surface area contributed by atoms with Crippen molar-refractivity contribution in [1.29, 1.82) is 0 Å². The summed E-state index contributed by atoms with van der Waals surface area (Å²) in [7, 11) is 0. The summed E-state index contributed by atoms with van der Waals surface area (Å²) in [6.07, 6.45) is 3.04. The maximum Gasteiger partial charge on any atom is 0.199 e. The summed E-state index contributed by atoms with van der Waals surface area (Å²) in [5.74, 6) is 1.42. The highest BCUT2D eigenvalue weighted by Crippen LogP contribution is 2.14. The molecule has 0 amide bonds. The number of aromatic amines is 1. The van der Waals surface area contributed by atoms with E-state index < -0.39 is 0 Å². The Kier molecular flexibility index (Phi) is 2.08. The fourth-order valence-corrected chi connectivity index (χ4v) is 1.07. The quantitative estimate of drug-likeness (QED) is 0.743. The van der Waals surface area contributed by atoms with Crippen LogP contribution in [0.3, 0.4) is 0 Å². The van der Waals surface area contributed by atoms with Crippen molar-refractivity contribution >= 4 is 28.4 Å². The average Bonchev–Trinajstić information content (AvgIpc) is 2.62. The number of anilines is 1. The molecule has 0 spiro atoms. The maximum atomic E-state index is 5.61. The summed E-state index contributed by atoms with van der Waals surface area (Å²) >= 11 is 2.06. The third-order valence-electron chi connectivity index (χ3n) is 1.40. The lowest BCUT2D eigenvalue weighted by molar-refractivity contribution is 1.06. The normalized spacial score (nSPS) is 10.2. The van der Waals surface area contributed by atoms with Gasteiger partial charge in [0.2, 0.25) is 0 Å². The Morgan fingerprint density at radius 2 is 2.23 bits per heavy atom. The van der Waals surface area contributed by atoms with Crippen LogP contribution in [0.2, 0.25) is 0 Å². The van der Waals surface area contributed by atoms with Crippen LogP contribution in [0, 0.1) is 3.57 Å². The first kappa shape index (κ1) is 8.35. The highest BCUT2D eigenvalue weighted by Gasteiger charge is 2.05. The summed E-state index contributed by atoms with van der Waals surface area (Å²) < 4.78 is 0.820. The number of hydrogen-bond acceptors (Lipinski definition) is 5. The van der Waals surface area contributed by atoms with Crippen molar-refractivity contribution in [3.05, 3.63) is 16.1 Å². The minimum absolute atomic E-state index is 0.446. The van der Waals surface area contributed by atoms with Crippen LogP contribution in [-0.4, -0.2) is 25.1 Å². The number of nitrogens with one attached hydrogen (secondary N) is 1. The molecule has 2 aromatic rings. The van der Waals surface area contributed by atoms with Gasteiger partial charge in [-0.2, -0.15) is 5.10 Å². The lowest BCUT2D eigenvalue weighted by Gasteiger charge is -1.97. The van der Waals surface area contributed by atoms with Crippen LogP contribution in [0.25, 0.3) is 11.6 Å². The van der Waals surface area contributed by atoms with Crippen LogP contribution in [0.5, 0.6) is 0 Å². The van der Waals surface area contributed by atoms with Gasteiger partial charge >= 0.3 is 0 Å². The van der Waals surface area contributed by atoms with Gasteiger partial charge in [-0.05, 0) is 22.6 Å². The van der Waals surface area contributed by atoms with Crippen molar-refractivity contribution in [3.63, 3.8) is 0 Å². The molecule has 0 aliphatic rings. The number of aromatic nitrogens is 5. The molecule has 0 aliphatic heterocycles. The molecule has 7 heteroatoms. The van der Waals surface area contributed by atoms with Crippen LogP contribution < -0.4 is 5.73 Å². The largest absolute Gasteiger partial charge is 0.383 e. The molecule has 0 aliphatic carbocycles. The fourth-order valence-electron chi connectivity index (χ4n) is 0.808. The number of rotatable bonds is 1. The van der Waals surface area contributed by atoms with Crippen molar-refractivity contribution in [1.82, 2.24) is 25.1 Å². The van der Waals surface area contributed by atoms with E-state index in [0.29, 0.717) is 17.5 Å². The van der Waals surface area contributed by atoms with E-state index in [4.69, 9.17) is 5.73 Å². The molecular formula is C6H5IN6.